The first-order valence-electron chi connectivity index (χ1n) is 4.26. The van der Waals surface area contributed by atoms with Gasteiger partial charge in [-0.2, -0.15) is 5.06 Å². The van der Waals surface area contributed by atoms with Crippen LogP contribution in [0.1, 0.15) is 16.7 Å². The van der Waals surface area contributed by atoms with Gasteiger partial charge in [-0.25, -0.2) is 0 Å². The van der Waals surface area contributed by atoms with Crippen molar-refractivity contribution in [2.45, 2.75) is 20.4 Å². The summed E-state index contributed by atoms with van der Waals surface area (Å²) < 4.78 is 0. The molecule has 1 aromatic carbocycles. The molecule has 0 unspecified atom stereocenters. The Morgan fingerprint density at radius 3 is 2.15 bits per heavy atom. The highest BCUT2D eigenvalue weighted by atomic mass is 16.5. The molecule has 0 spiro atoms. The first-order valence-corrected chi connectivity index (χ1v) is 4.26. The van der Waals surface area contributed by atoms with Crippen LogP contribution in [0.15, 0.2) is 12.1 Å². The van der Waals surface area contributed by atoms with Gasteiger partial charge < -0.3 is 10.9 Å². The largest absolute Gasteiger partial charge is 0.398 e. The molecule has 0 aromatic heterocycles. The predicted molar refractivity (Wildman–Crippen MR) is 53.6 cm³/mol. The molecule has 0 heterocycles. The molecule has 0 radical (unpaired) electrons. The quantitative estimate of drug-likeness (QED) is 0.538. The van der Waals surface area contributed by atoms with Crippen molar-refractivity contribution in [3.8, 4) is 0 Å². The Bertz CT molecular complexity index is 285. The number of hydroxylamine groups is 2. The summed E-state index contributed by atoms with van der Waals surface area (Å²) in [4.78, 5) is 0. The molecule has 13 heavy (non-hydrogen) atoms. The van der Waals surface area contributed by atoms with Crippen molar-refractivity contribution in [3.63, 3.8) is 0 Å². The molecule has 0 aliphatic heterocycles. The van der Waals surface area contributed by atoms with Crippen LogP contribution in [0.5, 0.6) is 0 Å². The lowest BCUT2D eigenvalue weighted by Crippen LogP contribution is -2.12. The average Bonchev–Trinajstić information content (AvgIpc) is 1.98. The van der Waals surface area contributed by atoms with Crippen LogP contribution in [0, 0.1) is 13.8 Å². The summed E-state index contributed by atoms with van der Waals surface area (Å²) in [5.41, 5.74) is 9.85. The summed E-state index contributed by atoms with van der Waals surface area (Å²) in [5, 5.41) is 10.2. The van der Waals surface area contributed by atoms with E-state index in [0.29, 0.717) is 6.54 Å². The highest BCUT2D eigenvalue weighted by Gasteiger charge is 2.02. The molecule has 0 aliphatic carbocycles. The maximum absolute atomic E-state index is 9.06. The van der Waals surface area contributed by atoms with Gasteiger partial charge >= 0.3 is 0 Å². The van der Waals surface area contributed by atoms with Crippen molar-refractivity contribution >= 4 is 5.69 Å². The monoisotopic (exact) mass is 180 g/mol. The Morgan fingerprint density at radius 2 is 1.77 bits per heavy atom. The maximum Gasteiger partial charge on any atom is 0.0485 e. The van der Waals surface area contributed by atoms with Gasteiger partial charge in [0.25, 0.3) is 0 Å². The van der Waals surface area contributed by atoms with Crippen molar-refractivity contribution in [3.05, 3.63) is 28.8 Å². The van der Waals surface area contributed by atoms with Gasteiger partial charge in [-0.1, -0.05) is 12.1 Å². The topological polar surface area (TPSA) is 49.5 Å². The molecular formula is C10H16N2O. The molecule has 1 rings (SSSR count). The van der Waals surface area contributed by atoms with E-state index in [0.717, 1.165) is 27.4 Å². The Morgan fingerprint density at radius 1 is 1.31 bits per heavy atom. The molecule has 0 fully saturated rings. The summed E-state index contributed by atoms with van der Waals surface area (Å²) in [6.45, 7) is 4.48. The fraction of sp³-hybridized carbons (Fsp3) is 0.400. The van der Waals surface area contributed by atoms with Crippen LogP contribution in [-0.4, -0.2) is 17.3 Å². The molecule has 1 aromatic rings. The van der Waals surface area contributed by atoms with E-state index in [1.165, 1.54) is 0 Å². The normalized spacial score (nSPS) is 10.8. The first kappa shape index (κ1) is 10.0. The van der Waals surface area contributed by atoms with Crippen LogP contribution in [0.2, 0.25) is 0 Å². The Balaban J connectivity index is 2.99. The van der Waals surface area contributed by atoms with Crippen LogP contribution in [-0.2, 0) is 6.54 Å². The molecule has 3 heteroatoms. The van der Waals surface area contributed by atoms with Crippen molar-refractivity contribution in [1.82, 2.24) is 5.06 Å². The summed E-state index contributed by atoms with van der Waals surface area (Å²) in [6, 6.07) is 3.99. The van der Waals surface area contributed by atoms with Crippen molar-refractivity contribution < 1.29 is 5.21 Å². The lowest BCUT2D eigenvalue weighted by atomic mass is 10.0. The van der Waals surface area contributed by atoms with Crippen LogP contribution >= 0.6 is 0 Å². The van der Waals surface area contributed by atoms with Crippen molar-refractivity contribution in [2.75, 3.05) is 12.8 Å². The number of hydrogen-bond acceptors (Lipinski definition) is 3. The van der Waals surface area contributed by atoms with Crippen LogP contribution in [0.25, 0.3) is 0 Å². The van der Waals surface area contributed by atoms with Crippen molar-refractivity contribution in [2.24, 2.45) is 0 Å². The highest BCUT2D eigenvalue weighted by molar-refractivity contribution is 5.54. The number of aryl methyl sites for hydroxylation is 2. The third kappa shape index (κ3) is 2.44. The lowest BCUT2D eigenvalue weighted by molar-refractivity contribution is -0.0731. The number of anilines is 1. The Kier molecular flexibility index (Phi) is 2.90. The van der Waals surface area contributed by atoms with Crippen LogP contribution in [0.4, 0.5) is 5.69 Å². The molecule has 0 saturated heterocycles. The summed E-state index contributed by atoms with van der Waals surface area (Å²) in [7, 11) is 1.63. The molecule has 0 bridgehead atoms. The van der Waals surface area contributed by atoms with E-state index in [1.54, 1.807) is 7.05 Å². The summed E-state index contributed by atoms with van der Waals surface area (Å²) in [6.07, 6.45) is 0. The number of rotatable bonds is 2. The molecule has 3 N–H and O–H groups in total. The third-order valence-electron chi connectivity index (χ3n) is 2.06. The Labute approximate surface area is 78.7 Å². The SMILES string of the molecule is Cc1cc(CN(C)O)cc(C)c1N. The van der Waals surface area contributed by atoms with Gasteiger partial charge in [-0.05, 0) is 30.5 Å². The molecule has 3 nitrogen and oxygen atoms in total. The van der Waals surface area contributed by atoms with Gasteiger partial charge in [0.05, 0.1) is 0 Å². The fourth-order valence-corrected chi connectivity index (χ4v) is 1.42. The molecule has 0 aliphatic rings. The minimum Gasteiger partial charge on any atom is -0.398 e. The zero-order valence-electron chi connectivity index (χ0n) is 8.33. The van der Waals surface area contributed by atoms with E-state index < -0.39 is 0 Å². The second-order valence-corrected chi connectivity index (χ2v) is 3.46. The number of nitrogens with zero attached hydrogens (tertiary/aromatic N) is 1. The number of hydrogen-bond donors (Lipinski definition) is 2. The van der Waals surface area contributed by atoms with Crippen LogP contribution < -0.4 is 5.73 Å². The Hall–Kier alpha value is -1.06. The van der Waals surface area contributed by atoms with E-state index in [2.05, 4.69) is 0 Å². The van der Waals surface area contributed by atoms with Gasteiger partial charge in [0.15, 0.2) is 0 Å². The van der Waals surface area contributed by atoms with E-state index in [4.69, 9.17) is 10.9 Å². The van der Waals surface area contributed by atoms with E-state index in [-0.39, 0.29) is 0 Å². The molecule has 0 saturated carbocycles. The first-order chi connectivity index (χ1) is 6.00. The zero-order valence-corrected chi connectivity index (χ0v) is 8.33. The van der Waals surface area contributed by atoms with Gasteiger partial charge in [0.1, 0.15) is 0 Å². The van der Waals surface area contributed by atoms with E-state index in [1.807, 2.05) is 26.0 Å². The second kappa shape index (κ2) is 3.77. The van der Waals surface area contributed by atoms with E-state index >= 15 is 0 Å². The fourth-order valence-electron chi connectivity index (χ4n) is 1.42. The smallest absolute Gasteiger partial charge is 0.0485 e. The second-order valence-electron chi connectivity index (χ2n) is 3.46. The summed E-state index contributed by atoms with van der Waals surface area (Å²) in [5.74, 6) is 0. The molecule has 0 amide bonds. The maximum atomic E-state index is 9.06. The van der Waals surface area contributed by atoms with Crippen molar-refractivity contribution in [1.29, 1.82) is 0 Å². The van der Waals surface area contributed by atoms with Gasteiger partial charge in [0.2, 0.25) is 0 Å². The lowest BCUT2D eigenvalue weighted by Gasteiger charge is -2.11. The zero-order chi connectivity index (χ0) is 10.0. The minimum absolute atomic E-state index is 0.530. The van der Waals surface area contributed by atoms with Gasteiger partial charge in [-0.15, -0.1) is 0 Å². The number of nitrogens with two attached hydrogens (primary N) is 1. The average molecular weight is 180 g/mol. The minimum atomic E-state index is 0.530. The molecular weight excluding hydrogens is 164 g/mol. The number of benzene rings is 1. The standard InChI is InChI=1S/C10H16N2O/c1-7-4-9(6-12(3)13)5-8(2)10(7)11/h4-5,13H,6,11H2,1-3H3. The third-order valence-corrected chi connectivity index (χ3v) is 2.06. The van der Waals surface area contributed by atoms with Gasteiger partial charge in [0, 0.05) is 19.3 Å². The predicted octanol–water partition coefficient (Wildman–Crippen LogP) is 1.71. The van der Waals surface area contributed by atoms with Gasteiger partial charge in [-0.3, -0.25) is 0 Å². The number of nitrogen functional groups attached to an aromatic ring is 1. The molecule has 72 valence electrons. The highest BCUT2D eigenvalue weighted by Crippen LogP contribution is 2.18. The van der Waals surface area contributed by atoms with E-state index in [9.17, 15) is 0 Å². The van der Waals surface area contributed by atoms with Crippen LogP contribution in [0.3, 0.4) is 0 Å². The molecule has 0 atom stereocenters. The summed E-state index contributed by atoms with van der Waals surface area (Å²) >= 11 is 0.